The molecule has 0 amide bonds. The molecule has 0 atom stereocenters. The first-order valence-electron chi connectivity index (χ1n) is 6.74. The van der Waals surface area contributed by atoms with E-state index in [0.717, 1.165) is 16.5 Å². The minimum Gasteiger partial charge on any atom is -1.00 e. The third kappa shape index (κ3) is 3.77. The molecule has 0 saturated carbocycles. The number of benzene rings is 3. The second kappa shape index (κ2) is 7.44. The van der Waals surface area contributed by atoms with Crippen LogP contribution in [0.15, 0.2) is 59.5 Å². The topological polar surface area (TPSA) is 63.6 Å². The first-order chi connectivity index (χ1) is 10.9. The monoisotopic (exact) mass is 372 g/mol. The fourth-order valence-electron chi connectivity index (χ4n) is 2.54. The van der Waals surface area contributed by atoms with Crippen molar-refractivity contribution in [3.05, 3.63) is 59.6 Å². The van der Waals surface area contributed by atoms with Crippen LogP contribution >= 0.6 is 11.6 Å². The maximum Gasteiger partial charge on any atom is 1.00 e. The fraction of sp³-hybridized carbons (Fsp3) is 0.0588. The van der Waals surface area contributed by atoms with Gasteiger partial charge in [-0.15, -0.1) is 0 Å². The predicted molar refractivity (Wildman–Crippen MR) is 91.9 cm³/mol. The molecule has 0 fully saturated rings. The maximum absolute atomic E-state index is 11.3. The molecule has 0 heterocycles. The molecule has 0 radical (unpaired) electrons. The van der Waals surface area contributed by atoms with Crippen LogP contribution in [0.4, 0.5) is 0 Å². The summed E-state index contributed by atoms with van der Waals surface area (Å²) in [5.41, 5.74) is 1.74. The summed E-state index contributed by atoms with van der Waals surface area (Å²) >= 11 is 6.00. The van der Waals surface area contributed by atoms with Gasteiger partial charge in [-0.3, -0.25) is 4.55 Å². The van der Waals surface area contributed by atoms with E-state index >= 15 is 0 Å². The number of fused-ring (bicyclic) bond motifs is 1. The van der Waals surface area contributed by atoms with Crippen molar-refractivity contribution in [2.45, 2.75) is 4.90 Å². The van der Waals surface area contributed by atoms with Crippen molar-refractivity contribution < 1.29 is 48.7 Å². The average Bonchev–Trinajstić information content (AvgIpc) is 2.53. The Morgan fingerprint density at radius 1 is 1.04 bits per heavy atom. The van der Waals surface area contributed by atoms with Crippen LogP contribution < -0.4 is 34.3 Å². The van der Waals surface area contributed by atoms with E-state index in [-0.39, 0.29) is 35.9 Å². The normalized spacial score (nSPS) is 11.1. The minimum absolute atomic E-state index is 0. The smallest absolute Gasteiger partial charge is 1.00 e. The van der Waals surface area contributed by atoms with Crippen LogP contribution in [0.25, 0.3) is 21.9 Å². The summed E-state index contributed by atoms with van der Waals surface area (Å²) in [4.78, 5) is -0.134. The van der Waals surface area contributed by atoms with Gasteiger partial charge in [0, 0.05) is 10.6 Å². The van der Waals surface area contributed by atoms with E-state index in [1.54, 1.807) is 31.4 Å². The Hall–Kier alpha value is -1.08. The molecule has 0 bridgehead atoms. The zero-order valence-electron chi connectivity index (χ0n) is 14.2. The molecular weight excluding hydrogens is 359 g/mol. The molecule has 0 aliphatic rings. The van der Waals surface area contributed by atoms with Crippen LogP contribution in [0.1, 0.15) is 1.43 Å². The second-order valence-corrected chi connectivity index (χ2v) is 6.87. The Morgan fingerprint density at radius 3 is 2.46 bits per heavy atom. The van der Waals surface area contributed by atoms with Crippen molar-refractivity contribution in [1.29, 1.82) is 0 Å². The summed E-state index contributed by atoms with van der Waals surface area (Å²) in [5.74, 6) is 0.629. The first-order valence-corrected chi connectivity index (χ1v) is 8.56. The standard InChI is InChI=1S/C17H13ClO4S.Na.H/c1-22-17-10-12(18)5-7-16(17)15-4-2-3-11-9-13(23(19,20)21)6-8-14(11)15;;/h2-10H,1H3,(H,19,20,21);;/q;+1;-1. The van der Waals surface area contributed by atoms with Crippen LogP contribution in [0.2, 0.25) is 5.02 Å². The summed E-state index contributed by atoms with van der Waals surface area (Å²) in [5, 5.41) is 2.12. The Balaban J connectivity index is 0.00000156. The van der Waals surface area contributed by atoms with E-state index in [2.05, 4.69) is 0 Å². The van der Waals surface area contributed by atoms with Gasteiger partial charge in [0.25, 0.3) is 10.1 Å². The SMILES string of the molecule is COc1cc(Cl)ccc1-c1cccc2cc(S(=O)(=O)O)ccc12.[H-].[Na+]. The summed E-state index contributed by atoms with van der Waals surface area (Å²) in [6, 6.07) is 15.4. The molecule has 7 heteroatoms. The minimum atomic E-state index is -4.23. The van der Waals surface area contributed by atoms with Crippen LogP contribution in [0.5, 0.6) is 5.75 Å². The van der Waals surface area contributed by atoms with Gasteiger partial charge in [0.1, 0.15) is 5.75 Å². The molecule has 0 aliphatic heterocycles. The molecule has 0 unspecified atom stereocenters. The van der Waals surface area contributed by atoms with E-state index in [4.69, 9.17) is 16.3 Å². The van der Waals surface area contributed by atoms with Gasteiger partial charge in [0.05, 0.1) is 12.0 Å². The number of ether oxygens (including phenoxy) is 1. The largest absolute Gasteiger partial charge is 1.00 e. The second-order valence-electron chi connectivity index (χ2n) is 5.01. The first kappa shape index (κ1) is 19.2. The zero-order valence-corrected chi connectivity index (χ0v) is 16.7. The van der Waals surface area contributed by atoms with Crippen molar-refractivity contribution in [3.8, 4) is 16.9 Å². The molecule has 3 aromatic carbocycles. The van der Waals surface area contributed by atoms with Crippen LogP contribution in [-0.4, -0.2) is 20.1 Å². The summed E-state index contributed by atoms with van der Waals surface area (Å²) < 4.78 is 37.2. The number of methoxy groups -OCH3 is 1. The van der Waals surface area contributed by atoms with Crippen LogP contribution in [0, 0.1) is 0 Å². The third-order valence-corrected chi connectivity index (χ3v) is 4.69. The molecule has 1 N–H and O–H groups in total. The van der Waals surface area contributed by atoms with Gasteiger partial charge in [-0.25, -0.2) is 0 Å². The van der Waals surface area contributed by atoms with Crippen LogP contribution in [0.3, 0.4) is 0 Å². The fourth-order valence-corrected chi connectivity index (χ4v) is 3.22. The summed E-state index contributed by atoms with van der Waals surface area (Å²) in [7, 11) is -2.67. The Kier molecular flexibility index (Phi) is 5.96. The zero-order chi connectivity index (χ0) is 16.6. The van der Waals surface area contributed by atoms with Crippen molar-refractivity contribution in [1.82, 2.24) is 0 Å². The summed E-state index contributed by atoms with van der Waals surface area (Å²) in [6.45, 7) is 0. The Labute approximate surface area is 168 Å². The number of hydrogen-bond donors (Lipinski definition) is 1. The van der Waals surface area contributed by atoms with E-state index in [0.29, 0.717) is 16.2 Å². The van der Waals surface area contributed by atoms with Crippen molar-refractivity contribution in [3.63, 3.8) is 0 Å². The molecule has 3 aromatic rings. The number of halogens is 1. The number of rotatable bonds is 3. The van der Waals surface area contributed by atoms with E-state index < -0.39 is 10.1 Å². The van der Waals surface area contributed by atoms with Gasteiger partial charge in [-0.05, 0) is 46.7 Å². The molecule has 0 aromatic heterocycles. The molecular formula is C17H14ClNaO4S. The van der Waals surface area contributed by atoms with E-state index in [9.17, 15) is 13.0 Å². The van der Waals surface area contributed by atoms with Gasteiger partial charge < -0.3 is 6.16 Å². The van der Waals surface area contributed by atoms with Gasteiger partial charge in [-0.2, -0.15) is 8.42 Å². The van der Waals surface area contributed by atoms with Crippen LogP contribution in [-0.2, 0) is 10.1 Å². The van der Waals surface area contributed by atoms with E-state index in [1.807, 2.05) is 18.2 Å². The van der Waals surface area contributed by atoms with Gasteiger partial charge in [0.15, 0.2) is 0 Å². The third-order valence-electron chi connectivity index (χ3n) is 3.60. The van der Waals surface area contributed by atoms with Crippen molar-refractivity contribution in [2.24, 2.45) is 0 Å². The predicted octanol–water partition coefficient (Wildman–Crippen LogP) is 1.53. The molecule has 120 valence electrons. The molecule has 0 aliphatic carbocycles. The van der Waals surface area contributed by atoms with Gasteiger partial charge >= 0.3 is 29.6 Å². The van der Waals surface area contributed by atoms with Gasteiger partial charge in [-0.1, -0.05) is 35.9 Å². The maximum atomic E-state index is 11.3. The molecule has 0 spiro atoms. The molecule has 3 rings (SSSR count). The van der Waals surface area contributed by atoms with Crippen molar-refractivity contribution in [2.75, 3.05) is 7.11 Å². The Bertz CT molecular complexity index is 1010. The quantitative estimate of drug-likeness (QED) is 0.559. The number of hydrogen-bond acceptors (Lipinski definition) is 3. The average molecular weight is 373 g/mol. The molecule has 24 heavy (non-hydrogen) atoms. The van der Waals surface area contributed by atoms with E-state index in [1.165, 1.54) is 12.1 Å². The summed E-state index contributed by atoms with van der Waals surface area (Å²) in [6.07, 6.45) is 0. The molecule has 4 nitrogen and oxygen atoms in total. The Morgan fingerprint density at radius 2 is 1.79 bits per heavy atom. The van der Waals surface area contributed by atoms with Gasteiger partial charge in [0.2, 0.25) is 0 Å². The van der Waals surface area contributed by atoms with Crippen molar-refractivity contribution >= 4 is 32.5 Å². The molecule has 0 saturated heterocycles.